The highest BCUT2D eigenvalue weighted by Crippen LogP contribution is 2.73. The van der Waals surface area contributed by atoms with Crippen molar-refractivity contribution in [1.29, 1.82) is 0 Å². The standard InChI is InChI=1S/C32H34O2S/c33-35(34,28-14-8-3-9-15-28)32(27-12-6-2-7-13-27)30(31(32)24-10-4-1-5-11-24)21-29-25-17-22-16-23(19-25)20-26(29)18-22/h1-15,22-23,25-26,29-31H,16-21H2/t22?,23?,25?,26?,29?,30-,31-,32?/m0/s1. The molecular formula is C32H34O2S. The SMILES string of the molecule is O=S(=O)(c1ccccc1)C1(c2ccccc2)[C@@H](CC2C3CC4CC(C3)CC2C4)[C@@H]1c1ccccc1. The van der Waals surface area contributed by atoms with Crippen molar-refractivity contribution in [1.82, 2.24) is 0 Å². The average Bonchev–Trinajstić information content (AvgIpc) is 3.57. The second-order valence-electron chi connectivity index (χ2n) is 11.8. The molecule has 4 bridgehead atoms. The molecule has 0 N–H and O–H groups in total. The van der Waals surface area contributed by atoms with Crippen molar-refractivity contribution in [2.24, 2.45) is 35.5 Å². The molecule has 8 rings (SSSR count). The molecule has 3 heteroatoms. The quantitative estimate of drug-likeness (QED) is 0.371. The molecule has 0 aliphatic heterocycles. The van der Waals surface area contributed by atoms with E-state index in [4.69, 9.17) is 0 Å². The lowest BCUT2D eigenvalue weighted by Crippen LogP contribution is -2.45. The maximum atomic E-state index is 14.7. The van der Waals surface area contributed by atoms with Gasteiger partial charge in [-0.1, -0.05) is 78.9 Å². The Kier molecular flexibility index (Phi) is 5.03. The zero-order valence-electron chi connectivity index (χ0n) is 20.2. The molecule has 3 aromatic carbocycles. The van der Waals surface area contributed by atoms with Crippen LogP contribution in [0.5, 0.6) is 0 Å². The van der Waals surface area contributed by atoms with Crippen LogP contribution in [0.15, 0.2) is 95.9 Å². The van der Waals surface area contributed by atoms with E-state index in [0.29, 0.717) is 10.8 Å². The Morgan fingerprint density at radius 3 is 1.74 bits per heavy atom. The topological polar surface area (TPSA) is 34.1 Å². The van der Waals surface area contributed by atoms with E-state index in [1.165, 1.54) is 37.7 Å². The highest BCUT2D eigenvalue weighted by molar-refractivity contribution is 7.92. The summed E-state index contributed by atoms with van der Waals surface area (Å²) in [6, 6.07) is 29.8. The van der Waals surface area contributed by atoms with Gasteiger partial charge in [-0.2, -0.15) is 0 Å². The van der Waals surface area contributed by atoms with Crippen LogP contribution in [-0.2, 0) is 14.6 Å². The lowest BCUT2D eigenvalue weighted by Gasteiger charge is -2.54. The molecule has 3 aromatic rings. The van der Waals surface area contributed by atoms with Crippen molar-refractivity contribution < 1.29 is 8.42 Å². The molecule has 5 aliphatic rings. The van der Waals surface area contributed by atoms with Gasteiger partial charge in [0.2, 0.25) is 0 Å². The summed E-state index contributed by atoms with van der Waals surface area (Å²) in [6.45, 7) is 0. The molecular weight excluding hydrogens is 448 g/mol. The normalized spacial score (nSPS) is 37.3. The molecule has 0 amide bonds. The second-order valence-corrected chi connectivity index (χ2v) is 14.0. The van der Waals surface area contributed by atoms with Gasteiger partial charge in [-0.25, -0.2) is 8.42 Å². The van der Waals surface area contributed by atoms with Crippen molar-refractivity contribution in [2.45, 2.75) is 54.1 Å². The zero-order chi connectivity index (χ0) is 23.6. The predicted octanol–water partition coefficient (Wildman–Crippen LogP) is 7.23. The van der Waals surface area contributed by atoms with Gasteiger partial charge in [0.15, 0.2) is 9.84 Å². The van der Waals surface area contributed by atoms with Gasteiger partial charge in [0.1, 0.15) is 4.75 Å². The minimum absolute atomic E-state index is 0.00602. The molecule has 0 spiro atoms. The number of hydrogen-bond donors (Lipinski definition) is 0. The second kappa shape index (κ2) is 8.06. The fourth-order valence-corrected chi connectivity index (χ4v) is 11.6. The maximum absolute atomic E-state index is 14.7. The third kappa shape index (κ3) is 3.23. The third-order valence-corrected chi connectivity index (χ3v) is 12.7. The van der Waals surface area contributed by atoms with Gasteiger partial charge in [0.25, 0.3) is 0 Å². The third-order valence-electron chi connectivity index (χ3n) is 10.1. The van der Waals surface area contributed by atoms with Crippen LogP contribution < -0.4 is 0 Å². The summed E-state index contributed by atoms with van der Waals surface area (Å²) in [5, 5.41) is 0. The summed E-state index contributed by atoms with van der Waals surface area (Å²) in [6.07, 6.45) is 8.00. The minimum atomic E-state index is -3.60. The number of benzene rings is 3. The molecule has 0 heterocycles. The van der Waals surface area contributed by atoms with Gasteiger partial charge >= 0.3 is 0 Å². The van der Waals surface area contributed by atoms with E-state index >= 15 is 0 Å². The van der Waals surface area contributed by atoms with Crippen molar-refractivity contribution >= 4 is 9.84 Å². The van der Waals surface area contributed by atoms with Gasteiger partial charge in [-0.05, 0) is 97.3 Å². The van der Waals surface area contributed by atoms with E-state index in [9.17, 15) is 8.42 Å². The van der Waals surface area contributed by atoms with Crippen molar-refractivity contribution in [3.63, 3.8) is 0 Å². The lowest BCUT2D eigenvalue weighted by molar-refractivity contribution is -0.0422. The van der Waals surface area contributed by atoms with Gasteiger partial charge in [-0.3, -0.25) is 0 Å². The summed E-state index contributed by atoms with van der Waals surface area (Å²) < 4.78 is 28.4. The summed E-state index contributed by atoms with van der Waals surface area (Å²) in [5.74, 6) is 4.26. The van der Waals surface area contributed by atoms with Gasteiger partial charge in [0.05, 0.1) is 4.90 Å². The molecule has 0 radical (unpaired) electrons. The maximum Gasteiger partial charge on any atom is 0.189 e. The molecule has 3 atom stereocenters. The molecule has 1 unspecified atom stereocenters. The van der Waals surface area contributed by atoms with E-state index in [2.05, 4.69) is 36.4 Å². The largest absolute Gasteiger partial charge is 0.223 e. The number of hydrogen-bond acceptors (Lipinski definition) is 2. The first-order valence-electron chi connectivity index (χ1n) is 13.5. The Hall–Kier alpha value is -2.39. The summed E-state index contributed by atoms with van der Waals surface area (Å²) in [7, 11) is -3.60. The van der Waals surface area contributed by atoms with Crippen LogP contribution in [0.1, 0.15) is 55.6 Å². The lowest BCUT2D eigenvalue weighted by atomic mass is 9.51. The monoisotopic (exact) mass is 482 g/mol. The Labute approximate surface area is 209 Å². The molecule has 5 saturated carbocycles. The highest BCUT2D eigenvalue weighted by Gasteiger charge is 2.74. The van der Waals surface area contributed by atoms with Crippen LogP contribution in [0.3, 0.4) is 0 Å². The molecule has 0 saturated heterocycles. The zero-order valence-corrected chi connectivity index (χ0v) is 21.0. The van der Waals surface area contributed by atoms with E-state index < -0.39 is 14.6 Å². The molecule has 0 aromatic heterocycles. The number of sulfone groups is 1. The Morgan fingerprint density at radius 1 is 0.657 bits per heavy atom. The summed E-state index contributed by atoms with van der Waals surface area (Å²) >= 11 is 0. The predicted molar refractivity (Wildman–Crippen MR) is 140 cm³/mol. The molecule has 2 nitrogen and oxygen atoms in total. The molecule has 35 heavy (non-hydrogen) atoms. The summed E-state index contributed by atoms with van der Waals surface area (Å²) in [4.78, 5) is 0.456. The van der Waals surface area contributed by atoms with Crippen LogP contribution in [-0.4, -0.2) is 8.42 Å². The van der Waals surface area contributed by atoms with E-state index in [1.807, 2.05) is 42.5 Å². The first kappa shape index (κ1) is 21.9. The smallest absolute Gasteiger partial charge is 0.189 e. The van der Waals surface area contributed by atoms with Gasteiger partial charge < -0.3 is 0 Å². The Bertz CT molecular complexity index is 1270. The van der Waals surface area contributed by atoms with Crippen LogP contribution in [0.4, 0.5) is 0 Å². The molecule has 5 fully saturated rings. The number of rotatable bonds is 6. The van der Waals surface area contributed by atoms with Crippen LogP contribution >= 0.6 is 0 Å². The van der Waals surface area contributed by atoms with E-state index in [0.717, 1.165) is 35.7 Å². The first-order chi connectivity index (χ1) is 17.1. The average molecular weight is 483 g/mol. The summed E-state index contributed by atoms with van der Waals surface area (Å²) in [5.41, 5.74) is 2.14. The fraction of sp³-hybridized carbons (Fsp3) is 0.438. The van der Waals surface area contributed by atoms with Crippen LogP contribution in [0.2, 0.25) is 0 Å². The van der Waals surface area contributed by atoms with Crippen LogP contribution in [0, 0.1) is 35.5 Å². The highest BCUT2D eigenvalue weighted by atomic mass is 32.2. The first-order valence-corrected chi connectivity index (χ1v) is 15.0. The Balaban J connectivity index is 1.36. The molecule has 180 valence electrons. The minimum Gasteiger partial charge on any atom is -0.223 e. The van der Waals surface area contributed by atoms with E-state index in [-0.39, 0.29) is 11.8 Å². The molecule has 5 aliphatic carbocycles. The fourth-order valence-electron chi connectivity index (χ4n) is 9.01. The van der Waals surface area contributed by atoms with Crippen molar-refractivity contribution in [3.05, 3.63) is 102 Å². The van der Waals surface area contributed by atoms with Gasteiger partial charge in [-0.15, -0.1) is 0 Å². The van der Waals surface area contributed by atoms with Crippen molar-refractivity contribution in [2.75, 3.05) is 0 Å². The Morgan fingerprint density at radius 2 is 1.17 bits per heavy atom. The van der Waals surface area contributed by atoms with E-state index in [1.54, 1.807) is 12.1 Å². The van der Waals surface area contributed by atoms with Crippen molar-refractivity contribution in [3.8, 4) is 0 Å². The van der Waals surface area contributed by atoms with Crippen LogP contribution in [0.25, 0.3) is 0 Å². The van der Waals surface area contributed by atoms with Gasteiger partial charge in [0, 0.05) is 5.92 Å².